The van der Waals surface area contributed by atoms with Gasteiger partial charge in [0.2, 0.25) is 0 Å². The average Bonchev–Trinajstić information content (AvgIpc) is 2.26. The lowest BCUT2D eigenvalue weighted by molar-refractivity contribution is 1.07. The van der Waals surface area contributed by atoms with Gasteiger partial charge >= 0.3 is 0 Å². The molecule has 2 aromatic heterocycles. The largest absolute Gasteiger partial charge is 0.308 e. The zero-order valence-electron chi connectivity index (χ0n) is 10.2. The predicted molar refractivity (Wildman–Crippen MR) is 67.3 cm³/mol. The third-order valence-electron chi connectivity index (χ3n) is 2.34. The second kappa shape index (κ2) is 4.47. The smallest absolute Gasteiger partial charge is 0.161 e. The second-order valence-electron chi connectivity index (χ2n) is 4.00. The summed E-state index contributed by atoms with van der Waals surface area (Å²) in [7, 11) is 0. The average molecular weight is 229 g/mol. The maximum absolute atomic E-state index is 5.37. The summed E-state index contributed by atoms with van der Waals surface area (Å²) < 4.78 is 0. The highest BCUT2D eigenvalue weighted by atomic mass is 15.3. The van der Waals surface area contributed by atoms with Crippen LogP contribution in [0.1, 0.15) is 17.1 Å². The summed E-state index contributed by atoms with van der Waals surface area (Å²) in [6, 6.07) is 5.72. The van der Waals surface area contributed by atoms with Crippen LogP contribution in [0.5, 0.6) is 0 Å². The maximum atomic E-state index is 5.37. The maximum Gasteiger partial charge on any atom is 0.161 e. The molecule has 0 saturated carbocycles. The highest BCUT2D eigenvalue weighted by Gasteiger charge is 2.06. The van der Waals surface area contributed by atoms with Gasteiger partial charge in [0, 0.05) is 28.7 Å². The van der Waals surface area contributed by atoms with Crippen LogP contribution in [-0.4, -0.2) is 15.0 Å². The molecule has 2 heterocycles. The molecule has 5 heteroatoms. The summed E-state index contributed by atoms with van der Waals surface area (Å²) in [6.45, 7) is 5.82. The van der Waals surface area contributed by atoms with Crippen molar-refractivity contribution < 1.29 is 0 Å². The van der Waals surface area contributed by atoms with E-state index in [1.165, 1.54) is 0 Å². The molecule has 0 spiro atoms. The van der Waals surface area contributed by atoms with E-state index < -0.39 is 0 Å². The van der Waals surface area contributed by atoms with Gasteiger partial charge in [0.15, 0.2) is 5.82 Å². The van der Waals surface area contributed by atoms with Gasteiger partial charge in [-0.15, -0.1) is 0 Å². The van der Waals surface area contributed by atoms with E-state index in [9.17, 15) is 0 Å². The second-order valence-corrected chi connectivity index (χ2v) is 4.00. The standard InChI is InChI=1S/C12H15N5/c1-7-4-10(5-8(2)14-7)12-15-9(3)6-11(16-12)17-13/h4-6H,13H2,1-3H3,(H,15,16,17). The Kier molecular flexibility index (Phi) is 3.01. The Labute approximate surface area is 100 Å². The quantitative estimate of drug-likeness (QED) is 0.606. The van der Waals surface area contributed by atoms with Crippen molar-refractivity contribution in [2.75, 3.05) is 5.43 Å². The van der Waals surface area contributed by atoms with E-state index >= 15 is 0 Å². The third-order valence-corrected chi connectivity index (χ3v) is 2.34. The van der Waals surface area contributed by atoms with Gasteiger partial charge in [-0.3, -0.25) is 4.98 Å². The first-order valence-electron chi connectivity index (χ1n) is 5.36. The van der Waals surface area contributed by atoms with Crippen molar-refractivity contribution in [1.82, 2.24) is 15.0 Å². The minimum atomic E-state index is 0.611. The number of nitrogen functional groups attached to an aromatic ring is 1. The van der Waals surface area contributed by atoms with Crippen LogP contribution in [0.4, 0.5) is 5.82 Å². The summed E-state index contributed by atoms with van der Waals surface area (Å²) in [5.41, 5.74) is 6.27. The van der Waals surface area contributed by atoms with Crippen LogP contribution in [-0.2, 0) is 0 Å². The number of nitrogens with zero attached hydrogens (tertiary/aromatic N) is 3. The molecule has 2 rings (SSSR count). The van der Waals surface area contributed by atoms with Crippen LogP contribution < -0.4 is 11.3 Å². The van der Waals surface area contributed by atoms with Crippen molar-refractivity contribution in [1.29, 1.82) is 0 Å². The summed E-state index contributed by atoms with van der Waals surface area (Å²) >= 11 is 0. The van der Waals surface area contributed by atoms with Gasteiger partial charge in [-0.1, -0.05) is 0 Å². The summed E-state index contributed by atoms with van der Waals surface area (Å²) in [6.07, 6.45) is 0. The topological polar surface area (TPSA) is 76.7 Å². The number of nitrogens with one attached hydrogen (secondary N) is 1. The fourth-order valence-corrected chi connectivity index (χ4v) is 1.74. The predicted octanol–water partition coefficient (Wildman–Crippen LogP) is 1.75. The first kappa shape index (κ1) is 11.5. The van der Waals surface area contributed by atoms with Crippen molar-refractivity contribution in [3.63, 3.8) is 0 Å². The fraction of sp³-hybridized carbons (Fsp3) is 0.250. The number of aromatic nitrogens is 3. The lowest BCUT2D eigenvalue weighted by Gasteiger charge is -2.06. The first-order chi connectivity index (χ1) is 8.08. The van der Waals surface area contributed by atoms with E-state index in [-0.39, 0.29) is 0 Å². The molecule has 0 aliphatic heterocycles. The van der Waals surface area contributed by atoms with Gasteiger partial charge in [0.25, 0.3) is 0 Å². The van der Waals surface area contributed by atoms with Gasteiger partial charge in [-0.2, -0.15) is 0 Å². The van der Waals surface area contributed by atoms with Crippen molar-refractivity contribution in [3.05, 3.63) is 35.3 Å². The molecule has 0 aliphatic rings. The molecular weight excluding hydrogens is 214 g/mol. The van der Waals surface area contributed by atoms with Crippen LogP contribution in [0.25, 0.3) is 11.4 Å². The van der Waals surface area contributed by atoms with E-state index in [1.54, 1.807) is 6.07 Å². The molecular formula is C12H15N5. The van der Waals surface area contributed by atoms with E-state index in [0.717, 1.165) is 22.6 Å². The van der Waals surface area contributed by atoms with E-state index in [2.05, 4.69) is 20.4 Å². The number of hydrogen-bond donors (Lipinski definition) is 2. The minimum absolute atomic E-state index is 0.611. The zero-order valence-corrected chi connectivity index (χ0v) is 10.2. The van der Waals surface area contributed by atoms with Gasteiger partial charge in [0.05, 0.1) is 0 Å². The van der Waals surface area contributed by atoms with E-state index in [4.69, 9.17) is 5.84 Å². The van der Waals surface area contributed by atoms with Crippen molar-refractivity contribution in [3.8, 4) is 11.4 Å². The number of hydrogen-bond acceptors (Lipinski definition) is 5. The van der Waals surface area contributed by atoms with Crippen molar-refractivity contribution >= 4 is 5.82 Å². The molecule has 88 valence electrons. The van der Waals surface area contributed by atoms with Crippen LogP contribution in [0, 0.1) is 20.8 Å². The number of anilines is 1. The van der Waals surface area contributed by atoms with Crippen molar-refractivity contribution in [2.24, 2.45) is 5.84 Å². The molecule has 0 saturated heterocycles. The monoisotopic (exact) mass is 229 g/mol. The molecule has 3 N–H and O–H groups in total. The summed E-state index contributed by atoms with van der Waals surface area (Å²) in [5, 5.41) is 0. The molecule has 2 aromatic rings. The molecule has 17 heavy (non-hydrogen) atoms. The molecule has 0 unspecified atom stereocenters. The van der Waals surface area contributed by atoms with Crippen molar-refractivity contribution in [2.45, 2.75) is 20.8 Å². The third kappa shape index (κ3) is 2.57. The Hall–Kier alpha value is -2.01. The van der Waals surface area contributed by atoms with Crippen LogP contribution in [0.3, 0.4) is 0 Å². The Balaban J connectivity index is 2.55. The zero-order chi connectivity index (χ0) is 12.4. The summed E-state index contributed by atoms with van der Waals surface area (Å²) in [4.78, 5) is 13.1. The van der Waals surface area contributed by atoms with Crippen LogP contribution >= 0.6 is 0 Å². The molecule has 0 fully saturated rings. The number of aryl methyl sites for hydroxylation is 3. The lowest BCUT2D eigenvalue weighted by atomic mass is 10.2. The Morgan fingerprint density at radius 3 is 2.06 bits per heavy atom. The highest BCUT2D eigenvalue weighted by Crippen LogP contribution is 2.19. The van der Waals surface area contributed by atoms with Gasteiger partial charge in [-0.25, -0.2) is 15.8 Å². The SMILES string of the molecule is Cc1cc(-c2nc(C)cc(NN)n2)cc(C)n1. The minimum Gasteiger partial charge on any atom is -0.308 e. The Morgan fingerprint density at radius 2 is 1.47 bits per heavy atom. The summed E-state index contributed by atoms with van der Waals surface area (Å²) in [5.74, 6) is 6.64. The number of rotatable bonds is 2. The molecule has 0 bridgehead atoms. The fourth-order valence-electron chi connectivity index (χ4n) is 1.74. The highest BCUT2D eigenvalue weighted by molar-refractivity contribution is 5.58. The van der Waals surface area contributed by atoms with Crippen LogP contribution in [0.2, 0.25) is 0 Å². The first-order valence-corrected chi connectivity index (χ1v) is 5.36. The van der Waals surface area contributed by atoms with E-state index in [0.29, 0.717) is 11.6 Å². The molecule has 0 aromatic carbocycles. The molecule has 0 aliphatic carbocycles. The molecule has 0 amide bonds. The lowest BCUT2D eigenvalue weighted by Crippen LogP contribution is -2.10. The normalized spacial score (nSPS) is 10.4. The number of pyridine rings is 1. The Bertz CT molecular complexity index is 530. The van der Waals surface area contributed by atoms with Gasteiger partial charge < -0.3 is 5.43 Å². The van der Waals surface area contributed by atoms with Gasteiger partial charge in [-0.05, 0) is 32.9 Å². The Morgan fingerprint density at radius 1 is 0.882 bits per heavy atom. The van der Waals surface area contributed by atoms with Crippen LogP contribution in [0.15, 0.2) is 18.2 Å². The van der Waals surface area contributed by atoms with Gasteiger partial charge in [0.1, 0.15) is 5.82 Å². The number of nitrogens with two attached hydrogens (primary N) is 1. The molecule has 5 nitrogen and oxygen atoms in total. The molecule has 0 radical (unpaired) electrons. The number of hydrazine groups is 1. The van der Waals surface area contributed by atoms with E-state index in [1.807, 2.05) is 32.9 Å². The molecule has 0 atom stereocenters.